The third kappa shape index (κ3) is 3.81. The minimum absolute atomic E-state index is 0.143. The van der Waals surface area contributed by atoms with E-state index in [1.165, 1.54) is 12.1 Å². The van der Waals surface area contributed by atoms with E-state index in [0.717, 1.165) is 16.8 Å². The molecule has 1 N–H and O–H groups in total. The van der Waals surface area contributed by atoms with Crippen molar-refractivity contribution in [1.82, 2.24) is 4.90 Å². The predicted octanol–water partition coefficient (Wildman–Crippen LogP) is 4.36. The van der Waals surface area contributed by atoms with Gasteiger partial charge in [0.05, 0.1) is 6.04 Å². The number of amides is 2. The predicted molar refractivity (Wildman–Crippen MR) is 82.8 cm³/mol. The molecule has 0 aliphatic carbocycles. The van der Waals surface area contributed by atoms with Gasteiger partial charge in [-0.15, -0.1) is 0 Å². The van der Waals surface area contributed by atoms with Gasteiger partial charge in [0.15, 0.2) is 0 Å². The van der Waals surface area contributed by atoms with E-state index < -0.39 is 0 Å². The Labute approximate surface area is 124 Å². The molecular weight excluding hydrogens is 267 g/mol. The zero-order valence-electron chi connectivity index (χ0n) is 12.4. The van der Waals surface area contributed by atoms with Gasteiger partial charge in [-0.05, 0) is 43.7 Å². The summed E-state index contributed by atoms with van der Waals surface area (Å²) in [5, 5.41) is 2.84. The van der Waals surface area contributed by atoms with Gasteiger partial charge in [0.1, 0.15) is 5.82 Å². The quantitative estimate of drug-likeness (QED) is 0.893. The van der Waals surface area contributed by atoms with Gasteiger partial charge in [-0.25, -0.2) is 9.18 Å². The van der Waals surface area contributed by atoms with E-state index in [1.54, 1.807) is 24.1 Å². The molecule has 2 amide bonds. The number of benzene rings is 2. The average Bonchev–Trinajstić information content (AvgIpc) is 2.49. The fourth-order valence-electron chi connectivity index (χ4n) is 1.99. The normalized spacial score (nSPS) is 11.8. The van der Waals surface area contributed by atoms with Gasteiger partial charge >= 0.3 is 6.03 Å². The monoisotopic (exact) mass is 286 g/mol. The topological polar surface area (TPSA) is 32.3 Å². The Morgan fingerprint density at radius 2 is 1.67 bits per heavy atom. The number of rotatable bonds is 3. The van der Waals surface area contributed by atoms with E-state index in [1.807, 2.05) is 38.1 Å². The maximum atomic E-state index is 12.9. The number of halogens is 1. The van der Waals surface area contributed by atoms with Crippen LogP contribution in [0.4, 0.5) is 14.9 Å². The first-order chi connectivity index (χ1) is 9.97. The minimum Gasteiger partial charge on any atom is -0.321 e. The number of carbonyl (C=O) groups excluding carboxylic acids is 1. The zero-order chi connectivity index (χ0) is 15.4. The number of nitrogens with zero attached hydrogens (tertiary/aromatic N) is 1. The molecule has 0 heterocycles. The Hall–Kier alpha value is -2.36. The number of urea groups is 1. The fraction of sp³-hybridized carbons (Fsp3) is 0.235. The maximum absolute atomic E-state index is 12.9. The lowest BCUT2D eigenvalue weighted by Crippen LogP contribution is -2.33. The van der Waals surface area contributed by atoms with E-state index >= 15 is 0 Å². The van der Waals surface area contributed by atoms with Crippen molar-refractivity contribution in [2.24, 2.45) is 0 Å². The highest BCUT2D eigenvalue weighted by Gasteiger charge is 2.17. The zero-order valence-corrected chi connectivity index (χ0v) is 12.4. The molecule has 0 radical (unpaired) electrons. The molecule has 21 heavy (non-hydrogen) atoms. The summed E-state index contributed by atoms with van der Waals surface area (Å²) >= 11 is 0. The standard InChI is InChI=1S/C17H19FN2O/c1-12-4-10-16(11-5-12)19-17(21)20(3)13(2)14-6-8-15(18)9-7-14/h4-11,13H,1-3H3,(H,19,21). The number of nitrogens with one attached hydrogen (secondary N) is 1. The van der Waals surface area contributed by atoms with Crippen LogP contribution in [-0.2, 0) is 0 Å². The maximum Gasteiger partial charge on any atom is 0.322 e. The first-order valence-electron chi connectivity index (χ1n) is 6.83. The number of hydrogen-bond donors (Lipinski definition) is 1. The van der Waals surface area contributed by atoms with E-state index in [9.17, 15) is 9.18 Å². The highest BCUT2D eigenvalue weighted by molar-refractivity contribution is 5.89. The molecule has 0 saturated heterocycles. The van der Waals surface area contributed by atoms with Crippen molar-refractivity contribution in [3.8, 4) is 0 Å². The van der Waals surface area contributed by atoms with Crippen LogP contribution in [0.2, 0.25) is 0 Å². The number of hydrogen-bond acceptors (Lipinski definition) is 1. The first-order valence-corrected chi connectivity index (χ1v) is 6.83. The van der Waals surface area contributed by atoms with Gasteiger partial charge in [-0.1, -0.05) is 29.8 Å². The van der Waals surface area contributed by atoms with E-state index in [-0.39, 0.29) is 17.9 Å². The van der Waals surface area contributed by atoms with Crippen LogP contribution in [0.5, 0.6) is 0 Å². The third-order valence-corrected chi connectivity index (χ3v) is 3.56. The molecular formula is C17H19FN2O. The second-order valence-corrected chi connectivity index (χ2v) is 5.13. The van der Waals surface area contributed by atoms with Gasteiger partial charge in [0.2, 0.25) is 0 Å². The van der Waals surface area contributed by atoms with Gasteiger partial charge in [-0.2, -0.15) is 0 Å². The van der Waals surface area contributed by atoms with Gasteiger partial charge in [0.25, 0.3) is 0 Å². The third-order valence-electron chi connectivity index (χ3n) is 3.56. The average molecular weight is 286 g/mol. The fourth-order valence-corrected chi connectivity index (χ4v) is 1.99. The Morgan fingerprint density at radius 1 is 1.10 bits per heavy atom. The Morgan fingerprint density at radius 3 is 2.24 bits per heavy atom. The van der Waals surface area contributed by atoms with E-state index in [0.29, 0.717) is 0 Å². The number of carbonyl (C=O) groups is 1. The molecule has 3 nitrogen and oxygen atoms in total. The summed E-state index contributed by atoms with van der Waals surface area (Å²) in [5.74, 6) is -0.280. The van der Waals surface area contributed by atoms with E-state index in [2.05, 4.69) is 5.32 Å². The molecule has 0 saturated carbocycles. The summed E-state index contributed by atoms with van der Waals surface area (Å²) in [6.07, 6.45) is 0. The van der Waals surface area contributed by atoms with Crippen LogP contribution in [-0.4, -0.2) is 18.0 Å². The molecule has 2 rings (SSSR count). The number of aryl methyl sites for hydroxylation is 1. The van der Waals surface area contributed by atoms with Crippen LogP contribution in [0, 0.1) is 12.7 Å². The molecule has 0 aromatic heterocycles. The summed E-state index contributed by atoms with van der Waals surface area (Å²) < 4.78 is 12.9. The summed E-state index contributed by atoms with van der Waals surface area (Å²) in [6.45, 7) is 3.90. The van der Waals surface area contributed by atoms with E-state index in [4.69, 9.17) is 0 Å². The molecule has 0 aliphatic heterocycles. The Balaban J connectivity index is 2.04. The largest absolute Gasteiger partial charge is 0.322 e. The van der Waals surface area contributed by atoms with Gasteiger partial charge in [0, 0.05) is 12.7 Å². The highest BCUT2D eigenvalue weighted by Crippen LogP contribution is 2.20. The summed E-state index contributed by atoms with van der Waals surface area (Å²) in [4.78, 5) is 13.8. The van der Waals surface area contributed by atoms with Crippen LogP contribution in [0.25, 0.3) is 0 Å². The Bertz CT molecular complexity index is 608. The van der Waals surface area contributed by atoms with Gasteiger partial charge < -0.3 is 10.2 Å². The summed E-state index contributed by atoms with van der Waals surface area (Å²) in [6, 6.07) is 13.5. The number of anilines is 1. The molecule has 110 valence electrons. The Kier molecular flexibility index (Phi) is 4.58. The smallest absolute Gasteiger partial charge is 0.321 e. The minimum atomic E-state index is -0.280. The van der Waals surface area contributed by atoms with Crippen LogP contribution < -0.4 is 5.32 Å². The van der Waals surface area contributed by atoms with Crippen molar-refractivity contribution < 1.29 is 9.18 Å². The second kappa shape index (κ2) is 6.39. The lowest BCUT2D eigenvalue weighted by Gasteiger charge is -2.25. The van der Waals surface area contributed by atoms with Crippen LogP contribution in [0.3, 0.4) is 0 Å². The lowest BCUT2D eigenvalue weighted by atomic mass is 10.1. The molecule has 2 aromatic carbocycles. The molecule has 1 unspecified atom stereocenters. The lowest BCUT2D eigenvalue weighted by molar-refractivity contribution is 0.208. The highest BCUT2D eigenvalue weighted by atomic mass is 19.1. The van der Waals surface area contributed by atoms with Crippen molar-refractivity contribution in [2.75, 3.05) is 12.4 Å². The van der Waals surface area contributed by atoms with Crippen LogP contribution in [0.15, 0.2) is 48.5 Å². The van der Waals surface area contributed by atoms with Crippen molar-refractivity contribution >= 4 is 11.7 Å². The van der Waals surface area contributed by atoms with Crippen molar-refractivity contribution in [3.63, 3.8) is 0 Å². The summed E-state index contributed by atoms with van der Waals surface area (Å²) in [5.41, 5.74) is 2.78. The molecule has 1 atom stereocenters. The van der Waals surface area contributed by atoms with Crippen molar-refractivity contribution in [2.45, 2.75) is 19.9 Å². The van der Waals surface area contributed by atoms with Crippen LogP contribution >= 0.6 is 0 Å². The van der Waals surface area contributed by atoms with Crippen LogP contribution in [0.1, 0.15) is 24.1 Å². The molecule has 4 heteroatoms. The SMILES string of the molecule is Cc1ccc(NC(=O)N(C)C(C)c2ccc(F)cc2)cc1. The summed E-state index contributed by atoms with van der Waals surface area (Å²) in [7, 11) is 1.72. The molecule has 0 spiro atoms. The van der Waals surface area contributed by atoms with Gasteiger partial charge in [-0.3, -0.25) is 0 Å². The van der Waals surface area contributed by atoms with Crippen molar-refractivity contribution in [3.05, 3.63) is 65.5 Å². The van der Waals surface area contributed by atoms with Crippen molar-refractivity contribution in [1.29, 1.82) is 0 Å². The first kappa shape index (κ1) is 15.0. The molecule has 0 aliphatic rings. The molecule has 0 bridgehead atoms. The molecule has 2 aromatic rings. The second-order valence-electron chi connectivity index (χ2n) is 5.13. The molecule has 0 fully saturated rings.